The Labute approximate surface area is 158 Å². The molecule has 0 radical (unpaired) electrons. The van der Waals surface area contributed by atoms with Gasteiger partial charge >= 0.3 is 0 Å². The van der Waals surface area contributed by atoms with E-state index in [-0.39, 0.29) is 23.3 Å². The Morgan fingerprint density at radius 2 is 2.04 bits per heavy atom. The molecule has 3 rings (SSSR count). The molecule has 5 nitrogen and oxygen atoms in total. The van der Waals surface area contributed by atoms with E-state index in [1.54, 1.807) is 4.57 Å². The molecule has 1 aromatic heterocycles. The van der Waals surface area contributed by atoms with Crippen molar-refractivity contribution < 1.29 is 4.79 Å². The molecule has 1 aliphatic carbocycles. The summed E-state index contributed by atoms with van der Waals surface area (Å²) in [6, 6.07) is 7.75. The van der Waals surface area contributed by atoms with Crippen LogP contribution in [0.2, 0.25) is 0 Å². The van der Waals surface area contributed by atoms with Gasteiger partial charge < -0.3 is 5.32 Å². The Morgan fingerprint density at radius 1 is 1.31 bits per heavy atom. The van der Waals surface area contributed by atoms with Crippen molar-refractivity contribution in [1.29, 1.82) is 0 Å². The predicted molar refractivity (Wildman–Crippen MR) is 107 cm³/mol. The average molecular weight is 374 g/mol. The van der Waals surface area contributed by atoms with E-state index in [0.29, 0.717) is 22.1 Å². The van der Waals surface area contributed by atoms with Crippen LogP contribution in [-0.4, -0.2) is 27.3 Å². The first-order valence-electron chi connectivity index (χ1n) is 9.53. The minimum absolute atomic E-state index is 0.0276. The fraction of sp³-hybridized carbons (Fsp3) is 0.550. The Hall–Kier alpha value is -1.82. The zero-order valence-electron chi connectivity index (χ0n) is 15.5. The van der Waals surface area contributed by atoms with Gasteiger partial charge in [-0.15, -0.1) is 0 Å². The van der Waals surface area contributed by atoms with Crippen molar-refractivity contribution in [3.8, 4) is 0 Å². The molecular weight excluding hydrogens is 346 g/mol. The first-order valence-corrected chi connectivity index (χ1v) is 10.5. The van der Waals surface area contributed by atoms with Crippen LogP contribution in [-0.2, 0) is 4.79 Å². The molecule has 1 unspecified atom stereocenters. The lowest BCUT2D eigenvalue weighted by Gasteiger charge is -2.23. The van der Waals surface area contributed by atoms with Gasteiger partial charge in [-0.2, -0.15) is 0 Å². The topological polar surface area (TPSA) is 64.0 Å². The van der Waals surface area contributed by atoms with E-state index in [9.17, 15) is 9.59 Å². The van der Waals surface area contributed by atoms with E-state index in [1.807, 2.05) is 31.2 Å². The Morgan fingerprint density at radius 3 is 2.77 bits per heavy atom. The molecule has 0 saturated heterocycles. The van der Waals surface area contributed by atoms with Crippen molar-refractivity contribution in [1.82, 2.24) is 14.9 Å². The van der Waals surface area contributed by atoms with Gasteiger partial charge in [-0.05, 0) is 38.3 Å². The maximum absolute atomic E-state index is 12.9. The number of thioether (sulfide) groups is 1. The number of carbonyl (C=O) groups is 1. The van der Waals surface area contributed by atoms with Gasteiger partial charge in [-0.25, -0.2) is 4.98 Å². The summed E-state index contributed by atoms with van der Waals surface area (Å²) < 4.78 is 1.74. The van der Waals surface area contributed by atoms with E-state index in [4.69, 9.17) is 0 Å². The molecule has 0 bridgehead atoms. The second-order valence-corrected chi connectivity index (χ2v) is 7.98. The predicted octanol–water partition coefficient (Wildman–Crippen LogP) is 3.91. The maximum Gasteiger partial charge on any atom is 0.262 e. The van der Waals surface area contributed by atoms with E-state index in [2.05, 4.69) is 17.2 Å². The highest BCUT2D eigenvalue weighted by Gasteiger charge is 2.19. The second-order valence-electron chi connectivity index (χ2n) is 7.04. The minimum atomic E-state index is -0.0276. The van der Waals surface area contributed by atoms with Crippen molar-refractivity contribution in [2.75, 3.05) is 5.75 Å². The fourth-order valence-corrected chi connectivity index (χ4v) is 4.35. The zero-order chi connectivity index (χ0) is 18.5. The van der Waals surface area contributed by atoms with Crippen LogP contribution in [0, 0.1) is 0 Å². The summed E-state index contributed by atoms with van der Waals surface area (Å²) in [7, 11) is 0. The smallest absolute Gasteiger partial charge is 0.262 e. The third kappa shape index (κ3) is 4.29. The van der Waals surface area contributed by atoms with Crippen molar-refractivity contribution in [2.45, 2.75) is 69.6 Å². The maximum atomic E-state index is 12.9. The number of benzene rings is 1. The first-order chi connectivity index (χ1) is 12.6. The number of para-hydroxylation sites is 1. The molecule has 1 aliphatic rings. The molecule has 1 atom stereocenters. The zero-order valence-corrected chi connectivity index (χ0v) is 16.3. The van der Waals surface area contributed by atoms with Gasteiger partial charge in [-0.1, -0.05) is 50.1 Å². The summed E-state index contributed by atoms with van der Waals surface area (Å²) in [6.45, 7) is 4.07. The molecule has 26 heavy (non-hydrogen) atoms. The van der Waals surface area contributed by atoms with Gasteiger partial charge in [0, 0.05) is 12.1 Å². The number of hydrogen-bond donors (Lipinski definition) is 1. The van der Waals surface area contributed by atoms with E-state index in [0.717, 1.165) is 19.3 Å². The molecule has 1 fully saturated rings. The lowest BCUT2D eigenvalue weighted by molar-refractivity contribution is -0.119. The quantitative estimate of drug-likeness (QED) is 0.616. The molecule has 1 amide bonds. The summed E-state index contributed by atoms with van der Waals surface area (Å²) in [4.78, 5) is 29.9. The van der Waals surface area contributed by atoms with Crippen molar-refractivity contribution in [3.05, 3.63) is 34.6 Å². The third-order valence-electron chi connectivity index (χ3n) is 5.11. The second kappa shape index (κ2) is 8.71. The summed E-state index contributed by atoms with van der Waals surface area (Å²) in [5.74, 6) is 0.317. The molecule has 2 aromatic rings. The van der Waals surface area contributed by atoms with Gasteiger partial charge in [-0.3, -0.25) is 14.2 Å². The lowest BCUT2D eigenvalue weighted by Crippen LogP contribution is -2.37. The average Bonchev–Trinajstić information content (AvgIpc) is 2.67. The van der Waals surface area contributed by atoms with Crippen LogP contribution in [0.5, 0.6) is 0 Å². The van der Waals surface area contributed by atoms with Crippen LogP contribution in [0.3, 0.4) is 0 Å². The number of fused-ring (bicyclic) bond motifs is 1. The first kappa shape index (κ1) is 19.0. The molecule has 1 saturated carbocycles. The molecule has 140 valence electrons. The number of aromatic nitrogens is 2. The van der Waals surface area contributed by atoms with E-state index >= 15 is 0 Å². The van der Waals surface area contributed by atoms with Gasteiger partial charge in [0.25, 0.3) is 5.56 Å². The summed E-state index contributed by atoms with van der Waals surface area (Å²) in [6.07, 6.45) is 6.63. The lowest BCUT2D eigenvalue weighted by atomic mass is 9.95. The van der Waals surface area contributed by atoms with Gasteiger partial charge in [0.05, 0.1) is 16.7 Å². The molecule has 6 heteroatoms. The van der Waals surface area contributed by atoms with Gasteiger partial charge in [0.1, 0.15) is 0 Å². The monoisotopic (exact) mass is 373 g/mol. The van der Waals surface area contributed by atoms with Crippen molar-refractivity contribution in [3.63, 3.8) is 0 Å². The van der Waals surface area contributed by atoms with Crippen LogP contribution >= 0.6 is 11.8 Å². The number of amides is 1. The summed E-state index contributed by atoms with van der Waals surface area (Å²) in [5, 5.41) is 4.38. The van der Waals surface area contributed by atoms with Crippen LogP contribution < -0.4 is 10.9 Å². The Balaban J connectivity index is 1.79. The van der Waals surface area contributed by atoms with Crippen molar-refractivity contribution >= 4 is 28.6 Å². The number of hydrogen-bond acceptors (Lipinski definition) is 4. The normalized spacial score (nSPS) is 16.5. The van der Waals surface area contributed by atoms with E-state index in [1.165, 1.54) is 31.0 Å². The molecule has 0 spiro atoms. The Kier molecular flexibility index (Phi) is 6.35. The fourth-order valence-electron chi connectivity index (χ4n) is 3.44. The molecule has 1 heterocycles. The highest BCUT2D eigenvalue weighted by atomic mass is 32.2. The third-order valence-corrected chi connectivity index (χ3v) is 6.06. The van der Waals surface area contributed by atoms with E-state index < -0.39 is 0 Å². The highest BCUT2D eigenvalue weighted by Crippen LogP contribution is 2.23. The number of nitrogens with one attached hydrogen (secondary N) is 1. The SMILES string of the molecule is CCC(C)n1c(SCC(=O)NC2CCCCC2)nc2ccccc2c1=O. The Bertz CT molecular complexity index is 827. The molecular formula is C20H27N3O2S. The number of carbonyl (C=O) groups excluding carboxylic acids is 1. The largest absolute Gasteiger partial charge is 0.353 e. The van der Waals surface area contributed by atoms with Crippen molar-refractivity contribution in [2.24, 2.45) is 0 Å². The standard InChI is InChI=1S/C20H27N3O2S/c1-3-14(2)23-19(25)16-11-7-8-12-17(16)22-20(23)26-13-18(24)21-15-9-5-4-6-10-15/h7-8,11-12,14-15H,3-6,9-10,13H2,1-2H3,(H,21,24). The minimum Gasteiger partial charge on any atom is -0.353 e. The molecule has 0 aliphatic heterocycles. The summed E-state index contributed by atoms with van der Waals surface area (Å²) in [5.41, 5.74) is 0.660. The highest BCUT2D eigenvalue weighted by molar-refractivity contribution is 7.99. The number of nitrogens with zero attached hydrogens (tertiary/aromatic N) is 2. The van der Waals surface area contributed by atoms with Crippen LogP contribution in [0.25, 0.3) is 10.9 Å². The van der Waals surface area contributed by atoms with Gasteiger partial charge in [0.2, 0.25) is 5.91 Å². The van der Waals surface area contributed by atoms with Crippen LogP contribution in [0.1, 0.15) is 58.4 Å². The van der Waals surface area contributed by atoms with Gasteiger partial charge in [0.15, 0.2) is 5.16 Å². The summed E-state index contributed by atoms with van der Waals surface area (Å²) >= 11 is 1.36. The number of rotatable bonds is 6. The molecule has 1 N–H and O–H groups in total. The van der Waals surface area contributed by atoms with Crippen LogP contribution in [0.15, 0.2) is 34.2 Å². The molecule has 1 aromatic carbocycles. The van der Waals surface area contributed by atoms with Crippen LogP contribution in [0.4, 0.5) is 0 Å².